The average Bonchev–Trinajstić information content (AvgIpc) is 2.90. The first-order valence-corrected chi connectivity index (χ1v) is 7.50. The van der Waals surface area contributed by atoms with E-state index in [1.54, 1.807) is 23.9 Å². The minimum Gasteiger partial charge on any atom is -0.508 e. The monoisotopic (exact) mass is 285 g/mol. The van der Waals surface area contributed by atoms with Gasteiger partial charge < -0.3 is 10.4 Å². The lowest BCUT2D eigenvalue weighted by molar-refractivity contribution is -0.122. The van der Waals surface area contributed by atoms with Gasteiger partial charge >= 0.3 is 0 Å². The Kier molecular flexibility index (Phi) is 3.65. The van der Waals surface area contributed by atoms with Gasteiger partial charge in [0.1, 0.15) is 5.75 Å². The number of hydrogen-bond acceptors (Lipinski definition) is 3. The van der Waals surface area contributed by atoms with Gasteiger partial charge in [-0.25, -0.2) is 0 Å². The summed E-state index contributed by atoms with van der Waals surface area (Å²) in [4.78, 5) is 13.5. The lowest BCUT2D eigenvalue weighted by Gasteiger charge is -2.11. The fourth-order valence-corrected chi connectivity index (χ4v) is 3.53. The summed E-state index contributed by atoms with van der Waals surface area (Å²) in [6.45, 7) is 0.489. The molecule has 0 bridgehead atoms. The zero-order valence-electron chi connectivity index (χ0n) is 10.9. The summed E-state index contributed by atoms with van der Waals surface area (Å²) in [5.74, 6) is 1.05. The predicted octanol–water partition coefficient (Wildman–Crippen LogP) is 2.90. The molecule has 1 aliphatic heterocycles. The Morgan fingerprint density at radius 3 is 2.75 bits per heavy atom. The molecular formula is C16H15NO2S. The van der Waals surface area contributed by atoms with E-state index >= 15 is 0 Å². The van der Waals surface area contributed by atoms with Crippen LogP contribution in [0.25, 0.3) is 0 Å². The standard InChI is InChI=1S/C16H15NO2S/c18-12-7-5-11(6-8-12)9-17-16(19)14-10-20-15-4-2-1-3-13(14)15/h1-8,14,18H,9-10H2,(H,17,19). The van der Waals surface area contributed by atoms with Crippen LogP contribution in [0, 0.1) is 0 Å². The van der Waals surface area contributed by atoms with Crippen LogP contribution in [0.2, 0.25) is 0 Å². The third-order valence-electron chi connectivity index (χ3n) is 3.42. The van der Waals surface area contributed by atoms with E-state index in [9.17, 15) is 9.90 Å². The molecule has 2 aromatic rings. The zero-order valence-corrected chi connectivity index (χ0v) is 11.7. The molecule has 0 radical (unpaired) electrons. The van der Waals surface area contributed by atoms with Gasteiger partial charge in [0.05, 0.1) is 5.92 Å². The van der Waals surface area contributed by atoms with E-state index in [2.05, 4.69) is 11.4 Å². The highest BCUT2D eigenvalue weighted by Gasteiger charge is 2.28. The third-order valence-corrected chi connectivity index (χ3v) is 4.60. The van der Waals surface area contributed by atoms with Crippen molar-refractivity contribution in [2.45, 2.75) is 17.4 Å². The summed E-state index contributed by atoms with van der Waals surface area (Å²) >= 11 is 1.73. The Bertz CT molecular complexity index is 625. The zero-order chi connectivity index (χ0) is 13.9. The molecule has 2 aromatic carbocycles. The third kappa shape index (κ3) is 2.65. The van der Waals surface area contributed by atoms with Crippen LogP contribution in [0.1, 0.15) is 17.0 Å². The van der Waals surface area contributed by atoms with Gasteiger partial charge in [-0.2, -0.15) is 0 Å². The van der Waals surface area contributed by atoms with Crippen LogP contribution >= 0.6 is 11.8 Å². The van der Waals surface area contributed by atoms with E-state index < -0.39 is 0 Å². The van der Waals surface area contributed by atoms with Gasteiger partial charge in [-0.1, -0.05) is 30.3 Å². The van der Waals surface area contributed by atoms with Crippen molar-refractivity contribution >= 4 is 17.7 Å². The molecule has 1 atom stereocenters. The molecule has 3 nitrogen and oxygen atoms in total. The summed E-state index contributed by atoms with van der Waals surface area (Å²) in [7, 11) is 0. The number of aromatic hydroxyl groups is 1. The molecule has 3 rings (SSSR count). The van der Waals surface area contributed by atoms with Crippen molar-refractivity contribution in [3.8, 4) is 5.75 Å². The van der Waals surface area contributed by atoms with E-state index in [0.717, 1.165) is 16.9 Å². The highest BCUT2D eigenvalue weighted by molar-refractivity contribution is 7.99. The van der Waals surface area contributed by atoms with E-state index in [1.165, 1.54) is 4.90 Å². The molecule has 20 heavy (non-hydrogen) atoms. The molecule has 0 aromatic heterocycles. The molecule has 0 saturated heterocycles. The summed E-state index contributed by atoms with van der Waals surface area (Å²) in [6, 6.07) is 14.9. The maximum Gasteiger partial charge on any atom is 0.228 e. The Morgan fingerprint density at radius 2 is 1.95 bits per heavy atom. The van der Waals surface area contributed by atoms with Crippen molar-refractivity contribution in [3.63, 3.8) is 0 Å². The van der Waals surface area contributed by atoms with Crippen LogP contribution in [0.4, 0.5) is 0 Å². The molecule has 102 valence electrons. The first-order valence-electron chi connectivity index (χ1n) is 6.51. The summed E-state index contributed by atoms with van der Waals surface area (Å²) < 4.78 is 0. The van der Waals surface area contributed by atoms with Crippen molar-refractivity contribution in [3.05, 3.63) is 59.7 Å². The Hall–Kier alpha value is -1.94. The van der Waals surface area contributed by atoms with Gasteiger partial charge in [0.25, 0.3) is 0 Å². The van der Waals surface area contributed by atoms with Crippen molar-refractivity contribution in [1.29, 1.82) is 0 Å². The maximum atomic E-state index is 12.3. The van der Waals surface area contributed by atoms with Gasteiger partial charge in [-0.05, 0) is 29.3 Å². The highest BCUT2D eigenvalue weighted by Crippen LogP contribution is 2.39. The number of carbonyl (C=O) groups is 1. The maximum absolute atomic E-state index is 12.3. The van der Waals surface area contributed by atoms with E-state index in [0.29, 0.717) is 6.54 Å². The van der Waals surface area contributed by atoms with Gasteiger partial charge in [0.2, 0.25) is 5.91 Å². The largest absolute Gasteiger partial charge is 0.508 e. The van der Waals surface area contributed by atoms with E-state index in [1.807, 2.05) is 30.3 Å². The van der Waals surface area contributed by atoms with Crippen LogP contribution in [-0.4, -0.2) is 16.8 Å². The smallest absolute Gasteiger partial charge is 0.228 e. The minimum absolute atomic E-state index is 0.0617. The Labute approximate surface area is 122 Å². The number of fused-ring (bicyclic) bond motifs is 1. The van der Waals surface area contributed by atoms with E-state index in [4.69, 9.17) is 0 Å². The summed E-state index contributed by atoms with van der Waals surface area (Å²) in [5, 5.41) is 12.2. The number of phenolic OH excluding ortho intramolecular Hbond substituents is 1. The quantitative estimate of drug-likeness (QED) is 0.911. The second-order valence-electron chi connectivity index (χ2n) is 4.79. The lowest BCUT2D eigenvalue weighted by Crippen LogP contribution is -2.29. The van der Waals surface area contributed by atoms with Crippen LogP contribution in [0.5, 0.6) is 5.75 Å². The topological polar surface area (TPSA) is 49.3 Å². The van der Waals surface area contributed by atoms with Crippen LogP contribution in [-0.2, 0) is 11.3 Å². The van der Waals surface area contributed by atoms with Gasteiger partial charge in [-0.15, -0.1) is 11.8 Å². The molecule has 1 aliphatic rings. The van der Waals surface area contributed by atoms with Crippen molar-refractivity contribution in [2.24, 2.45) is 0 Å². The molecule has 0 spiro atoms. The van der Waals surface area contributed by atoms with Gasteiger partial charge in [0, 0.05) is 17.2 Å². The molecule has 1 heterocycles. The first kappa shape index (κ1) is 13.1. The number of carbonyl (C=O) groups excluding carboxylic acids is 1. The first-order chi connectivity index (χ1) is 9.74. The Balaban J connectivity index is 1.65. The highest BCUT2D eigenvalue weighted by atomic mass is 32.2. The number of thioether (sulfide) groups is 1. The number of phenols is 1. The second-order valence-corrected chi connectivity index (χ2v) is 5.85. The number of amides is 1. The predicted molar refractivity (Wildman–Crippen MR) is 79.9 cm³/mol. The lowest BCUT2D eigenvalue weighted by atomic mass is 10.0. The molecule has 0 aliphatic carbocycles. The SMILES string of the molecule is O=C(NCc1ccc(O)cc1)C1CSc2ccccc21. The van der Waals surface area contributed by atoms with Crippen molar-refractivity contribution in [1.82, 2.24) is 5.32 Å². The number of benzene rings is 2. The molecule has 0 saturated carbocycles. The summed E-state index contributed by atoms with van der Waals surface area (Å²) in [5.41, 5.74) is 2.11. The number of nitrogens with one attached hydrogen (secondary N) is 1. The molecule has 2 N–H and O–H groups in total. The van der Waals surface area contributed by atoms with Crippen LogP contribution in [0.15, 0.2) is 53.4 Å². The van der Waals surface area contributed by atoms with Gasteiger partial charge in [-0.3, -0.25) is 4.79 Å². The van der Waals surface area contributed by atoms with Gasteiger partial charge in [0.15, 0.2) is 0 Å². The molecular weight excluding hydrogens is 270 g/mol. The average molecular weight is 285 g/mol. The number of rotatable bonds is 3. The van der Waals surface area contributed by atoms with Crippen molar-refractivity contribution < 1.29 is 9.90 Å². The fourth-order valence-electron chi connectivity index (χ4n) is 2.31. The molecule has 4 heteroatoms. The summed E-state index contributed by atoms with van der Waals surface area (Å²) in [6.07, 6.45) is 0. The fraction of sp³-hybridized carbons (Fsp3) is 0.188. The van der Waals surface area contributed by atoms with Crippen LogP contribution in [0.3, 0.4) is 0 Å². The Morgan fingerprint density at radius 1 is 1.20 bits per heavy atom. The molecule has 0 fully saturated rings. The molecule has 1 unspecified atom stereocenters. The normalized spacial score (nSPS) is 16.7. The molecule has 1 amide bonds. The van der Waals surface area contributed by atoms with Crippen molar-refractivity contribution in [2.75, 3.05) is 5.75 Å². The minimum atomic E-state index is -0.0617. The second kappa shape index (κ2) is 5.59. The number of hydrogen-bond donors (Lipinski definition) is 2. The van der Waals surface area contributed by atoms with Crippen LogP contribution < -0.4 is 5.32 Å². The van der Waals surface area contributed by atoms with E-state index in [-0.39, 0.29) is 17.6 Å².